The quantitative estimate of drug-likeness (QED) is 0.618. The van der Waals surface area contributed by atoms with Crippen LogP contribution in [0.4, 0.5) is 5.13 Å². The van der Waals surface area contributed by atoms with E-state index in [-0.39, 0.29) is 10.8 Å². The number of nitrogens with zero attached hydrogens (tertiary/aromatic N) is 4. The highest BCUT2D eigenvalue weighted by Crippen LogP contribution is 2.26. The fourth-order valence-electron chi connectivity index (χ4n) is 2.12. The molecule has 0 saturated heterocycles. The van der Waals surface area contributed by atoms with E-state index in [0.29, 0.717) is 24.0 Å². The Kier molecular flexibility index (Phi) is 7.16. The van der Waals surface area contributed by atoms with E-state index in [1.807, 2.05) is 19.2 Å². The lowest BCUT2D eigenvalue weighted by Crippen LogP contribution is -2.30. The lowest BCUT2D eigenvalue weighted by molar-refractivity contribution is -0.116. The molecule has 2 rings (SSSR count). The molecule has 0 N–H and O–H groups in total. The van der Waals surface area contributed by atoms with Crippen LogP contribution in [0.2, 0.25) is 0 Å². The second-order valence-electron chi connectivity index (χ2n) is 5.41. The zero-order valence-electron chi connectivity index (χ0n) is 15.2. The highest BCUT2D eigenvalue weighted by molar-refractivity contribution is 7.98. The molecule has 2 aromatic heterocycles. The van der Waals surface area contributed by atoms with E-state index in [2.05, 4.69) is 9.97 Å². The number of sulfonamides is 1. The van der Waals surface area contributed by atoms with Crippen LogP contribution in [0.25, 0.3) is 0 Å². The summed E-state index contributed by atoms with van der Waals surface area (Å²) in [7, 11) is -1.80. The van der Waals surface area contributed by atoms with Crippen molar-refractivity contribution in [2.45, 2.75) is 36.4 Å². The number of aromatic nitrogens is 2. The summed E-state index contributed by atoms with van der Waals surface area (Å²) in [5, 5.41) is 3.28. The molecule has 0 saturated carbocycles. The highest BCUT2D eigenvalue weighted by atomic mass is 32.2. The van der Waals surface area contributed by atoms with E-state index in [4.69, 9.17) is 0 Å². The first-order valence-corrected chi connectivity index (χ1v) is 11.4. The average molecular weight is 415 g/mol. The van der Waals surface area contributed by atoms with Gasteiger partial charge in [0.2, 0.25) is 15.9 Å². The Balaban J connectivity index is 2.03. The first-order chi connectivity index (χ1) is 12.3. The molecule has 0 spiro atoms. The summed E-state index contributed by atoms with van der Waals surface area (Å²) >= 11 is 2.88. The number of carbonyl (C=O) groups excluding carboxylic acids is 1. The molecule has 0 radical (unpaired) electrons. The van der Waals surface area contributed by atoms with Gasteiger partial charge in [-0.05, 0) is 12.1 Å². The minimum atomic E-state index is -3.49. The third-order valence-electron chi connectivity index (χ3n) is 3.72. The van der Waals surface area contributed by atoms with Crippen LogP contribution in [0.3, 0.4) is 0 Å². The molecule has 7 nitrogen and oxygen atoms in total. The van der Waals surface area contributed by atoms with Crippen LogP contribution < -0.4 is 4.90 Å². The minimum absolute atomic E-state index is 0.0646. The molecule has 10 heteroatoms. The van der Waals surface area contributed by atoms with E-state index in [1.165, 1.54) is 45.4 Å². The van der Waals surface area contributed by atoms with Crippen LogP contribution in [0.1, 0.15) is 26.5 Å². The normalized spacial score (nSPS) is 11.7. The van der Waals surface area contributed by atoms with Crippen molar-refractivity contribution in [3.05, 3.63) is 29.4 Å². The second kappa shape index (κ2) is 8.94. The monoisotopic (exact) mass is 414 g/mol. The third-order valence-corrected chi connectivity index (χ3v) is 7.70. The number of carbonyl (C=O) groups is 1. The topological polar surface area (TPSA) is 83.5 Å². The molecule has 0 atom stereocenters. The Morgan fingerprint density at radius 2 is 1.96 bits per heavy atom. The van der Waals surface area contributed by atoms with Gasteiger partial charge < -0.3 is 0 Å². The van der Waals surface area contributed by atoms with Gasteiger partial charge in [-0.2, -0.15) is 4.31 Å². The maximum absolute atomic E-state index is 12.4. The van der Waals surface area contributed by atoms with Gasteiger partial charge in [0.1, 0.15) is 4.90 Å². The number of rotatable bonds is 8. The molecule has 1 amide bonds. The largest absolute Gasteiger partial charge is 0.292 e. The Labute approximate surface area is 162 Å². The van der Waals surface area contributed by atoms with Crippen LogP contribution in [0.15, 0.2) is 33.6 Å². The van der Waals surface area contributed by atoms with Gasteiger partial charge in [0.25, 0.3) is 0 Å². The predicted octanol–water partition coefficient (Wildman–Crippen LogP) is 2.84. The average Bonchev–Trinajstić information content (AvgIpc) is 3.09. The number of amides is 1. The van der Waals surface area contributed by atoms with Crippen LogP contribution >= 0.6 is 23.1 Å². The molecule has 2 aromatic rings. The summed E-state index contributed by atoms with van der Waals surface area (Å²) in [6.07, 6.45) is 1.39. The molecule has 0 bridgehead atoms. The number of hydrogen-bond donors (Lipinski definition) is 0. The SMILES string of the molecule is CCN(CC)S(=O)(=O)c1ccc(SCc2csc(N(C)C(C)=O)n2)nc1. The maximum atomic E-state index is 12.4. The molecule has 0 aliphatic heterocycles. The summed E-state index contributed by atoms with van der Waals surface area (Å²) in [5.41, 5.74) is 0.852. The van der Waals surface area contributed by atoms with E-state index in [9.17, 15) is 13.2 Å². The summed E-state index contributed by atoms with van der Waals surface area (Å²) in [5.74, 6) is 0.530. The molecular formula is C16H22N4O3S3. The van der Waals surface area contributed by atoms with E-state index >= 15 is 0 Å². The summed E-state index contributed by atoms with van der Waals surface area (Å²) in [4.78, 5) is 21.7. The fourth-order valence-corrected chi connectivity index (χ4v) is 5.20. The van der Waals surface area contributed by atoms with E-state index < -0.39 is 10.0 Å². The summed E-state index contributed by atoms with van der Waals surface area (Å²) < 4.78 is 26.3. The molecule has 0 fully saturated rings. The predicted molar refractivity (Wildman–Crippen MR) is 105 cm³/mol. The van der Waals surface area contributed by atoms with Crippen LogP contribution in [-0.2, 0) is 20.6 Å². The molecular weight excluding hydrogens is 392 g/mol. The van der Waals surface area contributed by atoms with Crippen molar-refractivity contribution in [1.29, 1.82) is 0 Å². The lowest BCUT2D eigenvalue weighted by Gasteiger charge is -2.18. The van der Waals surface area contributed by atoms with Gasteiger partial charge in [-0.25, -0.2) is 18.4 Å². The van der Waals surface area contributed by atoms with Crippen molar-refractivity contribution in [2.24, 2.45) is 0 Å². The molecule has 2 heterocycles. The van der Waals surface area contributed by atoms with Gasteiger partial charge >= 0.3 is 0 Å². The summed E-state index contributed by atoms with van der Waals surface area (Å²) in [6.45, 7) is 5.97. The minimum Gasteiger partial charge on any atom is -0.292 e. The highest BCUT2D eigenvalue weighted by Gasteiger charge is 2.21. The molecule has 26 heavy (non-hydrogen) atoms. The number of thiazole rings is 1. The Bertz CT molecular complexity index is 846. The smallest absolute Gasteiger partial charge is 0.244 e. The van der Waals surface area contributed by atoms with Crippen molar-refractivity contribution >= 4 is 44.2 Å². The van der Waals surface area contributed by atoms with Gasteiger partial charge in [0.15, 0.2) is 5.13 Å². The van der Waals surface area contributed by atoms with Crippen LogP contribution in [0, 0.1) is 0 Å². The number of anilines is 1. The first kappa shape index (κ1) is 20.8. The summed E-state index contributed by atoms with van der Waals surface area (Å²) in [6, 6.07) is 3.29. The lowest BCUT2D eigenvalue weighted by atomic mass is 10.5. The number of thioether (sulfide) groups is 1. The first-order valence-electron chi connectivity index (χ1n) is 8.07. The zero-order chi connectivity index (χ0) is 19.3. The Hall–Kier alpha value is -1.49. The Morgan fingerprint density at radius 1 is 1.27 bits per heavy atom. The standard InChI is InChI=1S/C16H22N4O3S3/c1-5-20(6-2)26(22,23)14-7-8-15(17-9-14)24-10-13-11-25-16(18-13)19(4)12(3)21/h7-9,11H,5-6,10H2,1-4H3. The van der Waals surface area contributed by atoms with Crippen LogP contribution in [-0.4, -0.2) is 48.7 Å². The van der Waals surface area contributed by atoms with Gasteiger partial charge in [-0.15, -0.1) is 23.1 Å². The van der Waals surface area contributed by atoms with Crippen molar-refractivity contribution in [1.82, 2.24) is 14.3 Å². The van der Waals surface area contributed by atoms with Crippen molar-refractivity contribution < 1.29 is 13.2 Å². The van der Waals surface area contributed by atoms with E-state index in [0.717, 1.165) is 10.7 Å². The van der Waals surface area contributed by atoms with Crippen LogP contribution in [0.5, 0.6) is 0 Å². The molecule has 0 aliphatic rings. The van der Waals surface area contributed by atoms with E-state index in [1.54, 1.807) is 19.2 Å². The molecule has 0 unspecified atom stereocenters. The molecule has 0 aliphatic carbocycles. The Morgan fingerprint density at radius 3 is 2.50 bits per heavy atom. The van der Waals surface area contributed by atoms with Crippen molar-refractivity contribution in [2.75, 3.05) is 25.0 Å². The fraction of sp³-hybridized carbons (Fsp3) is 0.438. The second-order valence-corrected chi connectivity index (χ2v) is 9.18. The van der Waals surface area contributed by atoms with Gasteiger partial charge in [0, 0.05) is 44.4 Å². The number of pyridine rings is 1. The molecule has 0 aromatic carbocycles. The van der Waals surface area contributed by atoms with Gasteiger partial charge in [-0.3, -0.25) is 9.69 Å². The van der Waals surface area contributed by atoms with Crippen molar-refractivity contribution in [3.8, 4) is 0 Å². The van der Waals surface area contributed by atoms with Crippen molar-refractivity contribution in [3.63, 3.8) is 0 Å². The zero-order valence-corrected chi connectivity index (χ0v) is 17.6. The third kappa shape index (κ3) is 4.81. The molecule has 142 valence electrons. The van der Waals surface area contributed by atoms with Gasteiger partial charge in [-0.1, -0.05) is 13.8 Å². The maximum Gasteiger partial charge on any atom is 0.244 e. The van der Waals surface area contributed by atoms with Gasteiger partial charge in [0.05, 0.1) is 10.7 Å². The number of hydrogen-bond acceptors (Lipinski definition) is 7.